The molecule has 0 aromatic carbocycles. The average molecular weight is 226 g/mol. The Morgan fingerprint density at radius 2 is 2.25 bits per heavy atom. The topological polar surface area (TPSA) is 47.3 Å². The number of rotatable bonds is 6. The quantitative estimate of drug-likeness (QED) is 0.802. The van der Waals surface area contributed by atoms with E-state index in [1.807, 2.05) is 20.0 Å². The van der Waals surface area contributed by atoms with Crippen LogP contribution in [0.3, 0.4) is 0 Å². The number of ether oxygens (including phenoxy) is 1. The van der Waals surface area contributed by atoms with Crippen LogP contribution in [0.1, 0.15) is 33.0 Å². The first-order valence-corrected chi connectivity index (χ1v) is 5.74. The van der Waals surface area contributed by atoms with Gasteiger partial charge in [-0.05, 0) is 20.3 Å². The third-order valence-corrected chi connectivity index (χ3v) is 2.97. The molecule has 0 bridgehead atoms. The summed E-state index contributed by atoms with van der Waals surface area (Å²) in [4.78, 5) is 4.27. The Morgan fingerprint density at radius 1 is 1.56 bits per heavy atom. The molecule has 1 rings (SSSR count). The maximum Gasteiger partial charge on any atom is 0.111 e. The van der Waals surface area contributed by atoms with Gasteiger partial charge < -0.3 is 14.4 Å². The van der Waals surface area contributed by atoms with E-state index in [2.05, 4.69) is 16.5 Å². The van der Waals surface area contributed by atoms with E-state index in [1.165, 1.54) is 0 Å². The molecule has 0 radical (unpaired) electrons. The minimum atomic E-state index is -0.546. The Labute approximate surface area is 97.3 Å². The second-order valence-electron chi connectivity index (χ2n) is 4.56. The summed E-state index contributed by atoms with van der Waals surface area (Å²) < 4.78 is 7.34. The second kappa shape index (κ2) is 5.46. The van der Waals surface area contributed by atoms with Crippen molar-refractivity contribution in [3.63, 3.8) is 0 Å². The fraction of sp³-hybridized carbons (Fsp3) is 0.750. The lowest BCUT2D eigenvalue weighted by atomic mass is 9.98. The van der Waals surface area contributed by atoms with Crippen molar-refractivity contribution in [2.45, 2.75) is 51.9 Å². The molecular formula is C12H22N2O2. The summed E-state index contributed by atoms with van der Waals surface area (Å²) in [5, 5.41) is 10.1. The predicted octanol–water partition coefficient (Wildman–Crippen LogP) is 1.62. The highest BCUT2D eigenvalue weighted by Gasteiger charge is 2.28. The molecule has 0 aliphatic heterocycles. The Kier molecular flexibility index (Phi) is 4.50. The molecule has 0 aliphatic carbocycles. The summed E-state index contributed by atoms with van der Waals surface area (Å²) in [6, 6.07) is 0. The van der Waals surface area contributed by atoms with E-state index in [4.69, 9.17) is 4.74 Å². The van der Waals surface area contributed by atoms with Crippen molar-refractivity contribution in [1.29, 1.82) is 0 Å². The smallest absolute Gasteiger partial charge is 0.111 e. The van der Waals surface area contributed by atoms with Crippen LogP contribution in [0.5, 0.6) is 0 Å². The number of aryl methyl sites for hydroxylation is 1. The highest BCUT2D eigenvalue weighted by atomic mass is 16.5. The molecule has 0 amide bonds. The molecule has 4 heteroatoms. The highest BCUT2D eigenvalue weighted by Crippen LogP contribution is 2.17. The van der Waals surface area contributed by atoms with Gasteiger partial charge in [-0.15, -0.1) is 0 Å². The van der Waals surface area contributed by atoms with Crippen LogP contribution in [0.4, 0.5) is 0 Å². The standard InChI is InChI=1S/C12H22N2O2/c1-5-7-14-8-6-13-11(14)9-10(15)12(2,3)16-4/h6,8,10,15H,5,7,9H2,1-4H3. The van der Waals surface area contributed by atoms with Crippen LogP contribution in [0.15, 0.2) is 12.4 Å². The summed E-state index contributed by atoms with van der Waals surface area (Å²) in [5.74, 6) is 0.916. The molecule has 1 aromatic heterocycles. The molecule has 1 N–H and O–H groups in total. The van der Waals surface area contributed by atoms with E-state index in [0.717, 1.165) is 18.8 Å². The highest BCUT2D eigenvalue weighted by molar-refractivity contribution is 4.97. The van der Waals surface area contributed by atoms with Gasteiger partial charge in [0.2, 0.25) is 0 Å². The maximum absolute atomic E-state index is 10.1. The molecule has 1 atom stereocenters. The molecule has 0 saturated heterocycles. The van der Waals surface area contributed by atoms with Crippen molar-refractivity contribution < 1.29 is 9.84 Å². The van der Waals surface area contributed by atoms with Gasteiger partial charge in [-0.2, -0.15) is 0 Å². The Morgan fingerprint density at radius 3 is 2.81 bits per heavy atom. The molecule has 0 aliphatic rings. The van der Waals surface area contributed by atoms with Crippen molar-refractivity contribution >= 4 is 0 Å². The first-order valence-electron chi connectivity index (χ1n) is 5.74. The maximum atomic E-state index is 10.1. The zero-order chi connectivity index (χ0) is 12.2. The van der Waals surface area contributed by atoms with Crippen LogP contribution in [0.25, 0.3) is 0 Å². The molecule has 92 valence electrons. The number of hydrogen-bond donors (Lipinski definition) is 1. The fourth-order valence-corrected chi connectivity index (χ4v) is 1.53. The zero-order valence-corrected chi connectivity index (χ0v) is 10.6. The number of nitrogens with zero attached hydrogens (tertiary/aromatic N) is 2. The van der Waals surface area contributed by atoms with Crippen LogP contribution < -0.4 is 0 Å². The van der Waals surface area contributed by atoms with Gasteiger partial charge in [0.1, 0.15) is 5.82 Å². The van der Waals surface area contributed by atoms with Crippen molar-refractivity contribution in [3.8, 4) is 0 Å². The van der Waals surface area contributed by atoms with Crippen molar-refractivity contribution in [3.05, 3.63) is 18.2 Å². The lowest BCUT2D eigenvalue weighted by Crippen LogP contribution is -2.40. The molecule has 0 spiro atoms. The van der Waals surface area contributed by atoms with Gasteiger partial charge in [0.05, 0.1) is 11.7 Å². The summed E-state index contributed by atoms with van der Waals surface area (Å²) in [7, 11) is 1.61. The van der Waals surface area contributed by atoms with Crippen molar-refractivity contribution in [2.75, 3.05) is 7.11 Å². The molecule has 1 aromatic rings. The summed E-state index contributed by atoms with van der Waals surface area (Å²) in [5.41, 5.74) is -0.539. The van der Waals surface area contributed by atoms with E-state index < -0.39 is 11.7 Å². The van der Waals surface area contributed by atoms with Crippen LogP contribution in [-0.2, 0) is 17.7 Å². The fourth-order valence-electron chi connectivity index (χ4n) is 1.53. The molecular weight excluding hydrogens is 204 g/mol. The van der Waals surface area contributed by atoms with E-state index in [1.54, 1.807) is 13.3 Å². The van der Waals surface area contributed by atoms with Crippen molar-refractivity contribution in [1.82, 2.24) is 9.55 Å². The number of methoxy groups -OCH3 is 1. The van der Waals surface area contributed by atoms with Gasteiger partial charge >= 0.3 is 0 Å². The molecule has 0 saturated carbocycles. The Bertz CT molecular complexity index is 321. The normalized spacial score (nSPS) is 14.1. The number of aromatic nitrogens is 2. The second-order valence-corrected chi connectivity index (χ2v) is 4.56. The van der Waals surface area contributed by atoms with Gasteiger partial charge in [-0.25, -0.2) is 4.98 Å². The van der Waals surface area contributed by atoms with Gasteiger partial charge in [-0.3, -0.25) is 0 Å². The van der Waals surface area contributed by atoms with Crippen LogP contribution in [0.2, 0.25) is 0 Å². The van der Waals surface area contributed by atoms with Crippen LogP contribution in [-0.4, -0.2) is 33.5 Å². The lowest BCUT2D eigenvalue weighted by Gasteiger charge is -2.28. The lowest BCUT2D eigenvalue weighted by molar-refractivity contribution is -0.0774. The van der Waals surface area contributed by atoms with Gasteiger partial charge in [0.15, 0.2) is 0 Å². The predicted molar refractivity (Wildman–Crippen MR) is 63.3 cm³/mol. The monoisotopic (exact) mass is 226 g/mol. The molecule has 1 heterocycles. The average Bonchev–Trinajstić information content (AvgIpc) is 2.66. The van der Waals surface area contributed by atoms with E-state index in [0.29, 0.717) is 6.42 Å². The molecule has 1 unspecified atom stereocenters. The SMILES string of the molecule is CCCn1ccnc1CC(O)C(C)(C)OC. The van der Waals surface area contributed by atoms with Gasteiger partial charge in [0, 0.05) is 32.5 Å². The largest absolute Gasteiger partial charge is 0.390 e. The number of imidazole rings is 1. The third-order valence-electron chi connectivity index (χ3n) is 2.97. The van der Waals surface area contributed by atoms with Gasteiger partial charge in [0.25, 0.3) is 0 Å². The van der Waals surface area contributed by atoms with E-state index >= 15 is 0 Å². The summed E-state index contributed by atoms with van der Waals surface area (Å²) in [6.07, 6.45) is 4.76. The van der Waals surface area contributed by atoms with Crippen LogP contribution >= 0.6 is 0 Å². The van der Waals surface area contributed by atoms with E-state index in [9.17, 15) is 5.11 Å². The zero-order valence-electron chi connectivity index (χ0n) is 10.6. The first kappa shape index (κ1) is 13.2. The van der Waals surface area contributed by atoms with Crippen molar-refractivity contribution in [2.24, 2.45) is 0 Å². The number of aliphatic hydroxyl groups excluding tert-OH is 1. The van der Waals surface area contributed by atoms with E-state index in [-0.39, 0.29) is 0 Å². The number of aliphatic hydroxyl groups is 1. The van der Waals surface area contributed by atoms with Gasteiger partial charge in [-0.1, -0.05) is 6.92 Å². The van der Waals surface area contributed by atoms with Crippen LogP contribution in [0, 0.1) is 0 Å². The first-order chi connectivity index (χ1) is 7.51. The summed E-state index contributed by atoms with van der Waals surface area (Å²) >= 11 is 0. The minimum Gasteiger partial charge on any atom is -0.390 e. The minimum absolute atomic E-state index is 0.522. The summed E-state index contributed by atoms with van der Waals surface area (Å²) in [6.45, 7) is 6.82. The molecule has 0 fully saturated rings. The Hall–Kier alpha value is -0.870. The number of hydrogen-bond acceptors (Lipinski definition) is 3. The Balaban J connectivity index is 2.69. The third kappa shape index (κ3) is 3.06. The molecule has 4 nitrogen and oxygen atoms in total. The molecule has 16 heavy (non-hydrogen) atoms.